The number of hydrogen-bond acceptors (Lipinski definition) is 4. The molecule has 0 atom stereocenters. The Hall–Kier alpha value is -2.11. The number of halogens is 2. The highest BCUT2D eigenvalue weighted by Crippen LogP contribution is 2.35. The summed E-state index contributed by atoms with van der Waals surface area (Å²) in [6.07, 6.45) is 0.527. The van der Waals surface area contributed by atoms with Crippen LogP contribution in [0.15, 0.2) is 36.4 Å². The maximum atomic E-state index is 11.0. The van der Waals surface area contributed by atoms with Gasteiger partial charge in [-0.2, -0.15) is 0 Å². The number of nitro groups is 1. The van der Waals surface area contributed by atoms with Crippen molar-refractivity contribution in [3.63, 3.8) is 0 Å². The SMILES string of the molecule is O=Cc1c(Cl)cccc1Oc1ccc(Cl)cc1[N+](=O)[O-]. The van der Waals surface area contributed by atoms with Gasteiger partial charge in [0.2, 0.25) is 5.75 Å². The lowest BCUT2D eigenvalue weighted by Gasteiger charge is -2.09. The molecule has 0 fully saturated rings. The van der Waals surface area contributed by atoms with Gasteiger partial charge in [-0.05, 0) is 24.3 Å². The van der Waals surface area contributed by atoms with Crippen LogP contribution in [0.2, 0.25) is 10.0 Å². The molecule has 0 bridgehead atoms. The van der Waals surface area contributed by atoms with Crippen molar-refractivity contribution in [3.05, 3.63) is 62.1 Å². The molecule has 0 aromatic heterocycles. The third-order valence-electron chi connectivity index (χ3n) is 2.47. The fourth-order valence-electron chi connectivity index (χ4n) is 1.56. The molecule has 0 amide bonds. The molecule has 0 N–H and O–H groups in total. The summed E-state index contributed by atoms with van der Waals surface area (Å²) in [6, 6.07) is 8.57. The molecule has 7 heteroatoms. The van der Waals surface area contributed by atoms with Crippen molar-refractivity contribution >= 4 is 35.2 Å². The fourth-order valence-corrected chi connectivity index (χ4v) is 1.94. The van der Waals surface area contributed by atoms with Crippen LogP contribution in [0, 0.1) is 10.1 Å². The summed E-state index contributed by atoms with van der Waals surface area (Å²) in [5.74, 6) is 0.114. The third-order valence-corrected chi connectivity index (χ3v) is 3.03. The van der Waals surface area contributed by atoms with E-state index >= 15 is 0 Å². The number of hydrogen-bond donors (Lipinski definition) is 0. The molecule has 102 valence electrons. The maximum Gasteiger partial charge on any atom is 0.313 e. The molecular formula is C13H7Cl2NO4. The molecule has 5 nitrogen and oxygen atoms in total. The first kappa shape index (κ1) is 14.3. The molecule has 2 rings (SSSR count). The summed E-state index contributed by atoms with van der Waals surface area (Å²) in [7, 11) is 0. The second-order valence-electron chi connectivity index (χ2n) is 3.74. The highest BCUT2D eigenvalue weighted by atomic mass is 35.5. The van der Waals surface area contributed by atoms with E-state index in [1.54, 1.807) is 6.07 Å². The summed E-state index contributed by atoms with van der Waals surface area (Å²) in [5.41, 5.74) is -0.173. The predicted molar refractivity (Wildman–Crippen MR) is 75.0 cm³/mol. The first-order valence-corrected chi connectivity index (χ1v) is 6.14. The minimum atomic E-state index is -0.619. The first-order chi connectivity index (χ1) is 9.52. The average Bonchev–Trinajstić information content (AvgIpc) is 2.41. The van der Waals surface area contributed by atoms with Gasteiger partial charge in [0.05, 0.1) is 15.5 Å². The van der Waals surface area contributed by atoms with Gasteiger partial charge < -0.3 is 4.74 Å². The van der Waals surface area contributed by atoms with Gasteiger partial charge in [-0.1, -0.05) is 29.3 Å². The molecule has 0 aliphatic carbocycles. The number of benzene rings is 2. The normalized spacial score (nSPS) is 10.1. The van der Waals surface area contributed by atoms with Gasteiger partial charge in [0, 0.05) is 11.1 Å². The minimum Gasteiger partial charge on any atom is -0.449 e. The van der Waals surface area contributed by atoms with Crippen LogP contribution in [-0.2, 0) is 0 Å². The second kappa shape index (κ2) is 5.90. The van der Waals surface area contributed by atoms with Crippen molar-refractivity contribution in [1.82, 2.24) is 0 Å². The fraction of sp³-hybridized carbons (Fsp3) is 0. The zero-order valence-corrected chi connectivity index (χ0v) is 11.4. The summed E-state index contributed by atoms with van der Waals surface area (Å²) in [4.78, 5) is 21.3. The van der Waals surface area contributed by atoms with E-state index in [0.717, 1.165) is 0 Å². The quantitative estimate of drug-likeness (QED) is 0.473. The van der Waals surface area contributed by atoms with Gasteiger partial charge >= 0.3 is 5.69 Å². The molecule has 20 heavy (non-hydrogen) atoms. The van der Waals surface area contributed by atoms with Crippen LogP contribution < -0.4 is 4.74 Å². The summed E-state index contributed by atoms with van der Waals surface area (Å²) in [6.45, 7) is 0. The van der Waals surface area contributed by atoms with Crippen LogP contribution in [0.4, 0.5) is 5.69 Å². The van der Waals surface area contributed by atoms with Crippen LogP contribution in [0.25, 0.3) is 0 Å². The molecular weight excluding hydrogens is 305 g/mol. The number of nitro benzene ring substituents is 1. The smallest absolute Gasteiger partial charge is 0.313 e. The molecule has 2 aromatic carbocycles. The Morgan fingerprint density at radius 2 is 1.90 bits per heavy atom. The third kappa shape index (κ3) is 2.89. The number of aldehydes is 1. The van der Waals surface area contributed by atoms with Crippen LogP contribution >= 0.6 is 23.2 Å². The Kier molecular flexibility index (Phi) is 4.22. The van der Waals surface area contributed by atoms with E-state index in [-0.39, 0.29) is 32.8 Å². The van der Waals surface area contributed by atoms with Gasteiger partial charge in [0.1, 0.15) is 5.75 Å². The van der Waals surface area contributed by atoms with Gasteiger partial charge in [0.15, 0.2) is 6.29 Å². The molecule has 0 heterocycles. The van der Waals surface area contributed by atoms with Crippen LogP contribution in [-0.4, -0.2) is 11.2 Å². The number of ether oxygens (including phenoxy) is 1. The van der Waals surface area contributed by atoms with Crippen molar-refractivity contribution < 1.29 is 14.5 Å². The van der Waals surface area contributed by atoms with E-state index in [4.69, 9.17) is 27.9 Å². The Labute approximate surface area is 123 Å². The lowest BCUT2D eigenvalue weighted by atomic mass is 10.2. The molecule has 2 aromatic rings. The molecule has 0 spiro atoms. The van der Waals surface area contributed by atoms with E-state index in [0.29, 0.717) is 6.29 Å². The van der Waals surface area contributed by atoms with Crippen molar-refractivity contribution in [2.24, 2.45) is 0 Å². The number of nitrogens with zero attached hydrogens (tertiary/aromatic N) is 1. The topological polar surface area (TPSA) is 69.4 Å². The predicted octanol–water partition coefficient (Wildman–Crippen LogP) is 4.51. The molecule has 0 saturated carbocycles. The largest absolute Gasteiger partial charge is 0.449 e. The van der Waals surface area contributed by atoms with Gasteiger partial charge in [-0.25, -0.2) is 0 Å². The van der Waals surface area contributed by atoms with Crippen LogP contribution in [0.5, 0.6) is 11.5 Å². The molecule has 0 aliphatic heterocycles. The van der Waals surface area contributed by atoms with E-state index in [9.17, 15) is 14.9 Å². The van der Waals surface area contributed by atoms with Crippen molar-refractivity contribution in [2.45, 2.75) is 0 Å². The van der Waals surface area contributed by atoms with Crippen molar-refractivity contribution in [1.29, 1.82) is 0 Å². The standard InChI is InChI=1S/C13H7Cl2NO4/c14-8-4-5-13(11(6-8)16(18)19)20-12-3-1-2-10(15)9(12)7-17/h1-7H. The number of carbonyl (C=O) groups is 1. The van der Waals surface area contributed by atoms with Gasteiger partial charge in [0.25, 0.3) is 0 Å². The Bertz CT molecular complexity index is 688. The van der Waals surface area contributed by atoms with Crippen LogP contribution in [0.1, 0.15) is 10.4 Å². The number of carbonyl (C=O) groups excluding carboxylic acids is 1. The van der Waals surface area contributed by atoms with Gasteiger partial charge in [-0.3, -0.25) is 14.9 Å². The Morgan fingerprint density at radius 1 is 1.15 bits per heavy atom. The zero-order chi connectivity index (χ0) is 14.7. The molecule has 0 radical (unpaired) electrons. The lowest BCUT2D eigenvalue weighted by Crippen LogP contribution is -1.96. The lowest BCUT2D eigenvalue weighted by molar-refractivity contribution is -0.385. The molecule has 0 unspecified atom stereocenters. The highest BCUT2D eigenvalue weighted by molar-refractivity contribution is 6.33. The summed E-state index contributed by atoms with van der Waals surface area (Å²) < 4.78 is 5.41. The maximum absolute atomic E-state index is 11.0. The first-order valence-electron chi connectivity index (χ1n) is 5.38. The van der Waals surface area contributed by atoms with E-state index < -0.39 is 4.92 Å². The summed E-state index contributed by atoms with van der Waals surface area (Å²) in [5, 5.41) is 11.4. The van der Waals surface area contributed by atoms with Crippen molar-refractivity contribution in [2.75, 3.05) is 0 Å². The van der Waals surface area contributed by atoms with Gasteiger partial charge in [-0.15, -0.1) is 0 Å². The average molecular weight is 312 g/mol. The highest BCUT2D eigenvalue weighted by Gasteiger charge is 2.18. The van der Waals surface area contributed by atoms with E-state index in [1.165, 1.54) is 30.3 Å². The molecule has 0 aliphatic rings. The molecule has 0 saturated heterocycles. The van der Waals surface area contributed by atoms with E-state index in [1.807, 2.05) is 0 Å². The number of rotatable bonds is 4. The van der Waals surface area contributed by atoms with Crippen molar-refractivity contribution in [3.8, 4) is 11.5 Å². The minimum absolute atomic E-state index is 0.0234. The monoisotopic (exact) mass is 311 g/mol. The zero-order valence-electron chi connectivity index (χ0n) is 9.88. The summed E-state index contributed by atoms with van der Waals surface area (Å²) >= 11 is 11.6. The Morgan fingerprint density at radius 3 is 2.55 bits per heavy atom. The van der Waals surface area contributed by atoms with E-state index in [2.05, 4.69) is 0 Å². The van der Waals surface area contributed by atoms with Crippen LogP contribution in [0.3, 0.4) is 0 Å². The Balaban J connectivity index is 2.48. The second-order valence-corrected chi connectivity index (χ2v) is 4.58.